The van der Waals surface area contributed by atoms with Gasteiger partial charge in [0.05, 0.1) is 18.4 Å². The fourth-order valence-electron chi connectivity index (χ4n) is 10.1. The van der Waals surface area contributed by atoms with Gasteiger partial charge in [-0.2, -0.15) is 0 Å². The van der Waals surface area contributed by atoms with E-state index in [1.165, 1.54) is 44.9 Å². The zero-order chi connectivity index (χ0) is 29.4. The average Bonchev–Trinajstić information content (AvgIpc) is 3.28. The van der Waals surface area contributed by atoms with Crippen molar-refractivity contribution in [2.45, 2.75) is 103 Å². The van der Waals surface area contributed by atoms with Gasteiger partial charge in [-0.3, -0.25) is 14.3 Å². The van der Waals surface area contributed by atoms with Crippen LogP contribution in [0.2, 0.25) is 0 Å². The first-order valence-corrected chi connectivity index (χ1v) is 17.6. The van der Waals surface area contributed by atoms with E-state index in [0.29, 0.717) is 40.6 Å². The van der Waals surface area contributed by atoms with Gasteiger partial charge < -0.3 is 10.4 Å². The fourth-order valence-corrected chi connectivity index (χ4v) is 11.2. The molecule has 2 amide bonds. The topological polar surface area (TPSA) is 113 Å². The predicted molar refractivity (Wildman–Crippen MR) is 160 cm³/mol. The van der Waals surface area contributed by atoms with Gasteiger partial charge in [0.25, 0.3) is 5.91 Å². The number of hydrogen-bond donors (Lipinski definition) is 3. The number of carbonyl (C=O) groups excluding carboxylic acids is 2. The van der Waals surface area contributed by atoms with Crippen LogP contribution in [0, 0.1) is 46.3 Å². The van der Waals surface area contributed by atoms with Crippen LogP contribution in [-0.2, 0) is 25.4 Å². The molecule has 0 heterocycles. The highest BCUT2D eigenvalue weighted by atomic mass is 32.2. The third-order valence-electron chi connectivity index (χ3n) is 12.1. The summed E-state index contributed by atoms with van der Waals surface area (Å²) in [6.07, 6.45) is 11.8. The van der Waals surface area contributed by atoms with Crippen LogP contribution in [0.3, 0.4) is 0 Å². The van der Waals surface area contributed by atoms with Crippen LogP contribution in [0.25, 0.3) is 0 Å². The van der Waals surface area contributed by atoms with Gasteiger partial charge in [0.2, 0.25) is 15.9 Å². The van der Waals surface area contributed by atoms with Crippen LogP contribution in [0.5, 0.6) is 0 Å². The molecule has 41 heavy (non-hydrogen) atoms. The van der Waals surface area contributed by atoms with Crippen molar-refractivity contribution >= 4 is 21.8 Å². The molecule has 5 unspecified atom stereocenters. The maximum atomic E-state index is 12.6. The molecule has 0 radical (unpaired) electrons. The highest BCUT2D eigenvalue weighted by Gasteiger charge is 2.60. The summed E-state index contributed by atoms with van der Waals surface area (Å²) in [7, 11) is -3.82. The lowest BCUT2D eigenvalue weighted by atomic mass is 9.44. The predicted octanol–water partition coefficient (Wildman–Crippen LogP) is 5.18. The van der Waals surface area contributed by atoms with Crippen molar-refractivity contribution in [2.24, 2.45) is 46.3 Å². The molecule has 4 aliphatic rings. The molecule has 1 aromatic carbocycles. The molecule has 228 valence electrons. The van der Waals surface area contributed by atoms with E-state index >= 15 is 0 Å². The van der Waals surface area contributed by atoms with Crippen molar-refractivity contribution in [2.75, 3.05) is 6.54 Å². The molecule has 3 N–H and O–H groups in total. The summed E-state index contributed by atoms with van der Waals surface area (Å²) in [5.41, 5.74) is 1.30. The number of carbonyl (C=O) groups is 2. The number of sulfonamides is 1. The number of fused-ring (bicyclic) bond motifs is 5. The van der Waals surface area contributed by atoms with Crippen molar-refractivity contribution < 1.29 is 23.1 Å². The van der Waals surface area contributed by atoms with Crippen molar-refractivity contribution in [1.82, 2.24) is 10.0 Å². The van der Waals surface area contributed by atoms with E-state index in [9.17, 15) is 23.1 Å². The third-order valence-corrected chi connectivity index (χ3v) is 13.4. The minimum Gasteiger partial charge on any atom is -0.393 e. The van der Waals surface area contributed by atoms with Crippen LogP contribution < -0.4 is 10.0 Å². The molecule has 0 aliphatic heterocycles. The SMILES string of the molecule is C[C@H](CCC(=O)NCC(=O)NS(=O)(=O)Cc1ccccc1)C1CCC2C3CCC4C[C@H](O)CC[C@]4(C)C3CC[C@@]21C. The summed E-state index contributed by atoms with van der Waals surface area (Å²) >= 11 is 0. The summed E-state index contributed by atoms with van der Waals surface area (Å²) in [5.74, 6) is 2.83. The van der Waals surface area contributed by atoms with Gasteiger partial charge in [-0.1, -0.05) is 51.1 Å². The molecule has 0 saturated heterocycles. The van der Waals surface area contributed by atoms with Crippen molar-refractivity contribution in [3.05, 3.63) is 35.9 Å². The average molecular weight is 587 g/mol. The molecule has 7 nitrogen and oxygen atoms in total. The molecule has 0 spiro atoms. The number of amides is 2. The Bertz CT molecular complexity index is 1210. The Balaban J connectivity index is 1.09. The van der Waals surface area contributed by atoms with E-state index in [0.717, 1.165) is 37.0 Å². The molecular weight excluding hydrogens is 536 g/mol. The number of hydrogen-bond acceptors (Lipinski definition) is 5. The molecule has 1 aromatic rings. The zero-order valence-electron chi connectivity index (χ0n) is 25.1. The monoisotopic (exact) mass is 586 g/mol. The number of aliphatic hydroxyl groups is 1. The Kier molecular flexibility index (Phi) is 8.92. The van der Waals surface area contributed by atoms with E-state index in [1.807, 2.05) is 0 Å². The Morgan fingerprint density at radius 2 is 1.66 bits per heavy atom. The Hall–Kier alpha value is -1.93. The second kappa shape index (κ2) is 12.0. The Morgan fingerprint density at radius 3 is 2.41 bits per heavy atom. The van der Waals surface area contributed by atoms with Crippen molar-refractivity contribution in [3.8, 4) is 0 Å². The third kappa shape index (κ3) is 6.39. The lowest BCUT2D eigenvalue weighted by Gasteiger charge is -2.61. The molecule has 9 atom stereocenters. The van der Waals surface area contributed by atoms with Gasteiger partial charge in [0.15, 0.2) is 0 Å². The molecule has 4 saturated carbocycles. The lowest BCUT2D eigenvalue weighted by Crippen LogP contribution is -2.54. The van der Waals surface area contributed by atoms with Crippen LogP contribution in [0.15, 0.2) is 30.3 Å². The maximum absolute atomic E-state index is 12.6. The standard InChI is InChI=1S/C33H50N2O5S/c1-22(9-14-30(37)34-20-31(38)35-41(39,40)21-23-7-5-4-6-8-23)27-12-13-28-26-11-10-24-19-25(36)15-17-32(24,2)29(26)16-18-33(27,28)3/h4-8,22,24-29,36H,9-21H2,1-3H3,(H,34,37)(H,35,38)/t22-,24?,25-,26?,27?,28?,29?,32+,33-/m1/s1. The molecule has 4 aliphatic carbocycles. The van der Waals surface area contributed by atoms with E-state index in [2.05, 4.69) is 30.8 Å². The Morgan fingerprint density at radius 1 is 0.951 bits per heavy atom. The normalized spacial score (nSPS) is 37.3. The first-order valence-electron chi connectivity index (χ1n) is 15.9. The molecule has 0 aromatic heterocycles. The quantitative estimate of drug-likeness (QED) is 0.369. The highest BCUT2D eigenvalue weighted by Crippen LogP contribution is 2.68. The first kappa shape index (κ1) is 30.5. The smallest absolute Gasteiger partial charge is 0.252 e. The Labute approximate surface area is 246 Å². The largest absolute Gasteiger partial charge is 0.393 e. The molecule has 0 bridgehead atoms. The summed E-state index contributed by atoms with van der Waals surface area (Å²) in [4.78, 5) is 24.8. The van der Waals surface area contributed by atoms with Gasteiger partial charge in [-0.15, -0.1) is 0 Å². The van der Waals surface area contributed by atoms with E-state index < -0.39 is 15.9 Å². The van der Waals surface area contributed by atoms with Crippen LogP contribution >= 0.6 is 0 Å². The first-order chi connectivity index (χ1) is 19.4. The number of rotatable bonds is 9. The number of benzene rings is 1. The summed E-state index contributed by atoms with van der Waals surface area (Å²) < 4.78 is 26.6. The summed E-state index contributed by atoms with van der Waals surface area (Å²) in [6.45, 7) is 7.02. The van der Waals surface area contributed by atoms with Crippen LogP contribution in [-0.4, -0.2) is 38.0 Å². The van der Waals surface area contributed by atoms with Gasteiger partial charge >= 0.3 is 0 Å². The fraction of sp³-hybridized carbons (Fsp3) is 0.758. The maximum Gasteiger partial charge on any atom is 0.252 e. The van der Waals surface area contributed by atoms with E-state index in [4.69, 9.17) is 0 Å². The molecular formula is C33H50N2O5S. The lowest BCUT2D eigenvalue weighted by molar-refractivity contribution is -0.130. The minimum absolute atomic E-state index is 0.102. The van der Waals surface area contributed by atoms with Gasteiger partial charge in [-0.05, 0) is 116 Å². The van der Waals surface area contributed by atoms with Gasteiger partial charge in [0.1, 0.15) is 0 Å². The summed E-state index contributed by atoms with van der Waals surface area (Å²) in [5, 5.41) is 12.9. The zero-order valence-corrected chi connectivity index (χ0v) is 25.9. The van der Waals surface area contributed by atoms with Crippen LogP contribution in [0.1, 0.15) is 97.0 Å². The molecule has 8 heteroatoms. The minimum atomic E-state index is -3.82. The van der Waals surface area contributed by atoms with Gasteiger partial charge in [0, 0.05) is 6.42 Å². The van der Waals surface area contributed by atoms with Crippen LogP contribution in [0.4, 0.5) is 0 Å². The second-order valence-corrected chi connectivity index (χ2v) is 16.1. The highest BCUT2D eigenvalue weighted by molar-refractivity contribution is 7.89. The number of nitrogens with one attached hydrogen (secondary N) is 2. The second-order valence-electron chi connectivity index (χ2n) is 14.4. The molecule has 4 fully saturated rings. The van der Waals surface area contributed by atoms with Gasteiger partial charge in [-0.25, -0.2) is 8.42 Å². The molecule has 5 rings (SSSR count). The van der Waals surface area contributed by atoms with Crippen molar-refractivity contribution in [3.63, 3.8) is 0 Å². The number of aliphatic hydroxyl groups excluding tert-OH is 1. The van der Waals surface area contributed by atoms with E-state index in [1.54, 1.807) is 30.3 Å². The van der Waals surface area contributed by atoms with Crippen molar-refractivity contribution in [1.29, 1.82) is 0 Å². The van der Waals surface area contributed by atoms with E-state index in [-0.39, 0.29) is 24.3 Å². The summed E-state index contributed by atoms with van der Waals surface area (Å²) in [6, 6.07) is 8.69.